The highest BCUT2D eigenvalue weighted by molar-refractivity contribution is 8.31. The molecule has 0 aliphatic carbocycles. The molecule has 7 heteroatoms. The van der Waals surface area contributed by atoms with E-state index in [1.165, 1.54) is 16.7 Å². The van der Waals surface area contributed by atoms with Crippen LogP contribution in [0.4, 0.5) is 21.9 Å². The summed E-state index contributed by atoms with van der Waals surface area (Å²) in [6.07, 6.45) is 0. The van der Waals surface area contributed by atoms with E-state index in [0.717, 1.165) is 28.7 Å². The van der Waals surface area contributed by atoms with Gasteiger partial charge >= 0.3 is 0 Å². The van der Waals surface area contributed by atoms with Crippen molar-refractivity contribution in [2.75, 3.05) is 10.2 Å². The number of imide groups is 1. The molecule has 3 aromatic rings. The van der Waals surface area contributed by atoms with E-state index in [4.69, 9.17) is 0 Å². The summed E-state index contributed by atoms with van der Waals surface area (Å²) in [4.78, 5) is 31.6. The maximum absolute atomic E-state index is 13.0. The van der Waals surface area contributed by atoms with Crippen LogP contribution in [-0.4, -0.2) is 20.9 Å². The van der Waals surface area contributed by atoms with E-state index >= 15 is 0 Å². The average Bonchev–Trinajstić information content (AvgIpc) is 3.02. The molecule has 1 saturated heterocycles. The highest BCUT2D eigenvalue weighted by atomic mass is 32.2. The Hall–Kier alpha value is -3.03. The van der Waals surface area contributed by atoms with Crippen molar-refractivity contribution in [3.05, 3.63) is 90.5 Å². The molecule has 2 amide bonds. The van der Waals surface area contributed by atoms with Gasteiger partial charge in [0, 0.05) is 5.69 Å². The summed E-state index contributed by atoms with van der Waals surface area (Å²) in [5.41, 5.74) is 3.21. The van der Waals surface area contributed by atoms with Gasteiger partial charge in [0.2, 0.25) is 0 Å². The Labute approximate surface area is 183 Å². The molecule has 5 nitrogen and oxygen atoms in total. The normalized spacial score (nSPS) is 16.8. The topological polar surface area (TPSA) is 61.8 Å². The second-order valence-electron chi connectivity index (χ2n) is 6.59. The Morgan fingerprint density at radius 1 is 0.967 bits per heavy atom. The van der Waals surface area contributed by atoms with Gasteiger partial charge in [-0.05, 0) is 60.6 Å². The number of benzene rings is 3. The molecule has 0 saturated carbocycles. The summed E-state index contributed by atoms with van der Waals surface area (Å²) in [6.45, 7) is 1.93. The molecule has 1 aliphatic rings. The zero-order chi connectivity index (χ0) is 20.9. The third-order valence-corrected chi connectivity index (χ3v) is 6.51. The number of rotatable bonds is 4. The average molecular weight is 434 g/mol. The third kappa shape index (κ3) is 4.75. The second kappa shape index (κ2) is 9.19. The Bertz CT molecular complexity index is 1090. The predicted molar refractivity (Wildman–Crippen MR) is 127 cm³/mol. The number of para-hydroxylation sites is 2. The first-order chi connectivity index (χ1) is 14.6. The lowest BCUT2D eigenvalue weighted by Gasteiger charge is -2.15. The summed E-state index contributed by atoms with van der Waals surface area (Å²) in [7, 11) is 0. The van der Waals surface area contributed by atoms with Crippen molar-refractivity contribution in [2.24, 2.45) is 4.99 Å². The minimum atomic E-state index is -0.614. The highest BCUT2D eigenvalue weighted by Crippen LogP contribution is 2.38. The van der Waals surface area contributed by atoms with E-state index in [1.54, 1.807) is 6.07 Å². The Morgan fingerprint density at radius 3 is 2.37 bits per heavy atom. The molecule has 150 valence electrons. The SMILES string of the molecule is Cc1cccc(N2C(=O)S[C@@H](SC(=Nc3ccccc3)Nc3ccccc3)C2=O)c1. The first-order valence-corrected chi connectivity index (χ1v) is 11.1. The summed E-state index contributed by atoms with van der Waals surface area (Å²) in [5, 5.41) is 3.55. The monoisotopic (exact) mass is 433 g/mol. The fraction of sp³-hybridized carbons (Fsp3) is 0.0870. The highest BCUT2D eigenvalue weighted by Gasteiger charge is 2.42. The molecule has 1 atom stereocenters. The smallest absolute Gasteiger partial charge is 0.294 e. The van der Waals surface area contributed by atoms with Gasteiger partial charge in [-0.3, -0.25) is 9.59 Å². The number of aryl methyl sites for hydroxylation is 1. The minimum absolute atomic E-state index is 0.253. The molecule has 0 bridgehead atoms. The van der Waals surface area contributed by atoms with E-state index in [2.05, 4.69) is 10.3 Å². The van der Waals surface area contributed by atoms with Crippen LogP contribution < -0.4 is 10.2 Å². The lowest BCUT2D eigenvalue weighted by molar-refractivity contribution is -0.115. The van der Waals surface area contributed by atoms with Crippen molar-refractivity contribution in [2.45, 2.75) is 11.5 Å². The number of carbonyl (C=O) groups is 2. The van der Waals surface area contributed by atoms with Crippen LogP contribution in [0.25, 0.3) is 0 Å². The van der Waals surface area contributed by atoms with Gasteiger partial charge in [0.25, 0.3) is 11.1 Å². The zero-order valence-electron chi connectivity index (χ0n) is 16.2. The summed E-state index contributed by atoms with van der Waals surface area (Å²) in [5.74, 6) is -0.253. The van der Waals surface area contributed by atoms with Gasteiger partial charge in [-0.25, -0.2) is 9.89 Å². The Kier molecular flexibility index (Phi) is 6.21. The number of amidine groups is 1. The van der Waals surface area contributed by atoms with Crippen LogP contribution >= 0.6 is 23.5 Å². The summed E-state index contributed by atoms with van der Waals surface area (Å²) in [6, 6.07) is 26.5. The first kappa shape index (κ1) is 20.3. The number of nitrogens with zero attached hydrogens (tertiary/aromatic N) is 2. The molecule has 1 aliphatic heterocycles. The first-order valence-electron chi connectivity index (χ1n) is 9.34. The van der Waals surface area contributed by atoms with Crippen molar-refractivity contribution in [1.82, 2.24) is 0 Å². The van der Waals surface area contributed by atoms with E-state index in [9.17, 15) is 9.59 Å². The van der Waals surface area contributed by atoms with Crippen LogP contribution in [0, 0.1) is 6.92 Å². The van der Waals surface area contributed by atoms with Crippen molar-refractivity contribution < 1.29 is 9.59 Å². The van der Waals surface area contributed by atoms with Crippen LogP contribution in [0.2, 0.25) is 0 Å². The standard InChI is InChI=1S/C23H19N3O2S2/c1-16-9-8-14-19(15-16)26-20(27)21(30-23(26)28)29-22(24-17-10-4-2-5-11-17)25-18-12-6-3-7-13-18/h2-15,21H,1H3,(H,24,25)/t21-/m1/s1. The van der Waals surface area contributed by atoms with E-state index in [0.29, 0.717) is 10.9 Å². The molecule has 1 fully saturated rings. The molecular weight excluding hydrogens is 414 g/mol. The van der Waals surface area contributed by atoms with Crippen molar-refractivity contribution in [1.29, 1.82) is 0 Å². The maximum Gasteiger partial charge on any atom is 0.294 e. The molecule has 0 aromatic heterocycles. The quantitative estimate of drug-likeness (QED) is 0.401. The van der Waals surface area contributed by atoms with Gasteiger partial charge in [-0.1, -0.05) is 60.3 Å². The van der Waals surface area contributed by atoms with Gasteiger partial charge in [0.15, 0.2) is 5.17 Å². The maximum atomic E-state index is 13.0. The molecule has 0 spiro atoms. The number of amides is 2. The molecule has 0 radical (unpaired) electrons. The lowest BCUT2D eigenvalue weighted by Crippen LogP contribution is -2.31. The largest absolute Gasteiger partial charge is 0.335 e. The minimum Gasteiger partial charge on any atom is -0.335 e. The number of hydrogen-bond acceptors (Lipinski definition) is 5. The number of anilines is 2. The lowest BCUT2D eigenvalue weighted by atomic mass is 10.2. The van der Waals surface area contributed by atoms with Gasteiger partial charge in [0.1, 0.15) is 4.58 Å². The number of aliphatic imine (C=N–C) groups is 1. The Balaban J connectivity index is 1.59. The van der Waals surface area contributed by atoms with Gasteiger partial charge in [-0.2, -0.15) is 0 Å². The van der Waals surface area contributed by atoms with Crippen LogP contribution in [0.15, 0.2) is 89.9 Å². The van der Waals surface area contributed by atoms with Crippen molar-refractivity contribution in [3.8, 4) is 0 Å². The van der Waals surface area contributed by atoms with Gasteiger partial charge in [-0.15, -0.1) is 0 Å². The second-order valence-corrected chi connectivity index (χ2v) is 9.04. The number of carbonyl (C=O) groups excluding carboxylic acids is 2. The van der Waals surface area contributed by atoms with E-state index in [-0.39, 0.29) is 11.1 Å². The fourth-order valence-corrected chi connectivity index (χ4v) is 5.06. The Morgan fingerprint density at radius 2 is 1.67 bits per heavy atom. The van der Waals surface area contributed by atoms with Crippen LogP contribution in [-0.2, 0) is 4.79 Å². The predicted octanol–water partition coefficient (Wildman–Crippen LogP) is 6.05. The molecule has 30 heavy (non-hydrogen) atoms. The van der Waals surface area contributed by atoms with Gasteiger partial charge in [0.05, 0.1) is 11.4 Å². The number of thioether (sulfide) groups is 2. The zero-order valence-corrected chi connectivity index (χ0v) is 17.8. The van der Waals surface area contributed by atoms with Gasteiger partial charge < -0.3 is 5.32 Å². The number of hydrogen-bond donors (Lipinski definition) is 1. The molecule has 1 N–H and O–H groups in total. The van der Waals surface area contributed by atoms with Crippen molar-refractivity contribution >= 4 is 56.9 Å². The third-order valence-electron chi connectivity index (χ3n) is 4.30. The van der Waals surface area contributed by atoms with Crippen LogP contribution in [0.5, 0.6) is 0 Å². The summed E-state index contributed by atoms with van der Waals surface area (Å²) >= 11 is 2.26. The van der Waals surface area contributed by atoms with Crippen molar-refractivity contribution in [3.63, 3.8) is 0 Å². The molecular formula is C23H19N3O2S2. The van der Waals surface area contributed by atoms with E-state index in [1.807, 2.05) is 85.8 Å². The molecule has 1 heterocycles. The number of nitrogens with one attached hydrogen (secondary N) is 1. The van der Waals surface area contributed by atoms with E-state index < -0.39 is 4.58 Å². The van der Waals surface area contributed by atoms with Crippen LogP contribution in [0.1, 0.15) is 5.56 Å². The fourth-order valence-electron chi connectivity index (χ4n) is 2.91. The summed E-state index contributed by atoms with van der Waals surface area (Å²) < 4.78 is -0.614. The molecule has 0 unspecified atom stereocenters. The molecule has 4 rings (SSSR count). The van der Waals surface area contributed by atoms with Crippen LogP contribution in [0.3, 0.4) is 0 Å². The molecule has 3 aromatic carbocycles.